The van der Waals surface area contributed by atoms with E-state index in [2.05, 4.69) is 64.9 Å². The van der Waals surface area contributed by atoms with Crippen LogP contribution < -0.4 is 5.32 Å². The van der Waals surface area contributed by atoms with Crippen LogP contribution in [0, 0.1) is 17.8 Å². The SMILES string of the molecule is CCOC(=O)C(C)(C)c1ccc(NCC#Cc2cc3cc(CCC4CCN(C)CC4)ccc3n2CC)cc1. The van der Waals surface area contributed by atoms with Crippen molar-refractivity contribution in [1.82, 2.24) is 9.47 Å². The number of likely N-dealkylation sites (tertiary alicyclic amines) is 1. The molecule has 1 aliphatic rings. The molecule has 0 aliphatic carbocycles. The average Bonchev–Trinajstić information content (AvgIpc) is 3.27. The fourth-order valence-corrected chi connectivity index (χ4v) is 5.36. The number of rotatable bonds is 9. The molecule has 1 N–H and O–H groups in total. The standard InChI is InChI=1S/C33H43N3O2/c1-6-36-30(9-8-20-34-29-15-13-28(14-16-29)33(3,4)32(37)38-7-2)24-27-23-26(12-17-31(27)36)11-10-25-18-21-35(5)22-19-25/h12-17,23-25,34H,6-7,10-11,18-22H2,1-5H3. The van der Waals surface area contributed by atoms with Crippen molar-refractivity contribution in [1.29, 1.82) is 0 Å². The Kier molecular flexibility index (Phi) is 9.17. The zero-order chi connectivity index (χ0) is 27.1. The molecular weight excluding hydrogens is 470 g/mol. The summed E-state index contributed by atoms with van der Waals surface area (Å²) in [6, 6.07) is 17.1. The topological polar surface area (TPSA) is 46.5 Å². The summed E-state index contributed by atoms with van der Waals surface area (Å²) < 4.78 is 7.52. The summed E-state index contributed by atoms with van der Waals surface area (Å²) in [7, 11) is 2.23. The largest absolute Gasteiger partial charge is 0.465 e. The van der Waals surface area contributed by atoms with Gasteiger partial charge in [0.05, 0.1) is 24.3 Å². The molecule has 1 aromatic heterocycles. The van der Waals surface area contributed by atoms with Crippen LogP contribution >= 0.6 is 0 Å². The van der Waals surface area contributed by atoms with Crippen LogP contribution in [0.2, 0.25) is 0 Å². The second-order valence-corrected chi connectivity index (χ2v) is 11.0. The van der Waals surface area contributed by atoms with Crippen LogP contribution in [0.15, 0.2) is 48.5 Å². The molecule has 0 saturated carbocycles. The van der Waals surface area contributed by atoms with Crippen molar-refractivity contribution in [2.75, 3.05) is 38.6 Å². The smallest absolute Gasteiger partial charge is 0.315 e. The first kappa shape index (κ1) is 27.8. The Morgan fingerprint density at radius 3 is 2.50 bits per heavy atom. The number of piperidine rings is 1. The molecule has 0 radical (unpaired) electrons. The molecule has 5 heteroatoms. The highest BCUT2D eigenvalue weighted by molar-refractivity contribution is 5.83. The minimum absolute atomic E-state index is 0.206. The lowest BCUT2D eigenvalue weighted by Gasteiger charge is -2.28. The summed E-state index contributed by atoms with van der Waals surface area (Å²) in [6.07, 6.45) is 5.10. The van der Waals surface area contributed by atoms with Gasteiger partial charge in [0, 0.05) is 23.1 Å². The lowest BCUT2D eigenvalue weighted by molar-refractivity contribution is -0.148. The normalized spacial score (nSPS) is 14.8. The molecule has 5 nitrogen and oxygen atoms in total. The van der Waals surface area contributed by atoms with Crippen LogP contribution in [0.4, 0.5) is 5.69 Å². The Bertz CT molecular complexity index is 1290. The van der Waals surface area contributed by atoms with Gasteiger partial charge in [0.25, 0.3) is 0 Å². The Balaban J connectivity index is 1.37. The molecule has 2 aromatic carbocycles. The first-order valence-corrected chi connectivity index (χ1v) is 14.1. The predicted octanol–water partition coefficient (Wildman–Crippen LogP) is 6.24. The summed E-state index contributed by atoms with van der Waals surface area (Å²) in [5.41, 5.74) is 4.99. The van der Waals surface area contributed by atoms with E-state index in [1.807, 2.05) is 45.0 Å². The van der Waals surface area contributed by atoms with Gasteiger partial charge in [-0.1, -0.05) is 24.1 Å². The Hall–Kier alpha value is -3.23. The molecule has 3 aromatic rings. The van der Waals surface area contributed by atoms with Gasteiger partial charge in [-0.2, -0.15) is 0 Å². The monoisotopic (exact) mass is 513 g/mol. The third-order valence-corrected chi connectivity index (χ3v) is 7.95. The molecule has 1 aliphatic heterocycles. The zero-order valence-electron chi connectivity index (χ0n) is 23.8. The molecule has 1 saturated heterocycles. The number of aryl methyl sites for hydroxylation is 2. The third-order valence-electron chi connectivity index (χ3n) is 7.95. The van der Waals surface area contributed by atoms with Crippen molar-refractivity contribution in [3.05, 3.63) is 65.4 Å². The molecule has 4 rings (SSSR count). The molecule has 0 atom stereocenters. The van der Waals surface area contributed by atoms with Gasteiger partial charge in [0.2, 0.25) is 0 Å². The van der Waals surface area contributed by atoms with Crippen molar-refractivity contribution in [2.24, 2.45) is 5.92 Å². The minimum atomic E-state index is -0.672. The van der Waals surface area contributed by atoms with E-state index < -0.39 is 5.41 Å². The maximum absolute atomic E-state index is 12.3. The molecular formula is C33H43N3O2. The fourth-order valence-electron chi connectivity index (χ4n) is 5.36. The van der Waals surface area contributed by atoms with E-state index in [-0.39, 0.29) is 5.97 Å². The number of benzene rings is 2. The van der Waals surface area contributed by atoms with Crippen molar-refractivity contribution in [3.63, 3.8) is 0 Å². The Morgan fingerprint density at radius 1 is 1.08 bits per heavy atom. The highest BCUT2D eigenvalue weighted by atomic mass is 16.5. The molecule has 1 fully saturated rings. The van der Waals surface area contributed by atoms with Gasteiger partial charge < -0.3 is 19.5 Å². The van der Waals surface area contributed by atoms with Gasteiger partial charge in [-0.05, 0) is 127 Å². The van der Waals surface area contributed by atoms with Crippen LogP contribution in [0.3, 0.4) is 0 Å². The van der Waals surface area contributed by atoms with E-state index in [1.54, 1.807) is 0 Å². The van der Waals surface area contributed by atoms with Gasteiger partial charge >= 0.3 is 5.97 Å². The van der Waals surface area contributed by atoms with E-state index in [0.29, 0.717) is 13.2 Å². The molecule has 0 unspecified atom stereocenters. The van der Waals surface area contributed by atoms with Crippen molar-refractivity contribution in [3.8, 4) is 11.8 Å². The minimum Gasteiger partial charge on any atom is -0.465 e. The number of hydrogen-bond acceptors (Lipinski definition) is 4. The van der Waals surface area contributed by atoms with Crippen LogP contribution in [-0.4, -0.2) is 48.7 Å². The summed E-state index contributed by atoms with van der Waals surface area (Å²) in [5.74, 6) is 7.32. The first-order chi connectivity index (χ1) is 18.3. The number of fused-ring (bicyclic) bond motifs is 1. The number of hydrogen-bond donors (Lipinski definition) is 1. The number of anilines is 1. The molecule has 0 spiro atoms. The number of nitrogens with one attached hydrogen (secondary N) is 1. The van der Waals surface area contributed by atoms with E-state index >= 15 is 0 Å². The van der Waals surface area contributed by atoms with Crippen LogP contribution in [0.1, 0.15) is 63.8 Å². The zero-order valence-corrected chi connectivity index (χ0v) is 23.8. The maximum Gasteiger partial charge on any atom is 0.315 e. The Labute approximate surface area is 228 Å². The number of carbonyl (C=O) groups is 1. The third kappa shape index (κ3) is 6.60. The van der Waals surface area contributed by atoms with Crippen LogP contribution in [0.5, 0.6) is 0 Å². The summed E-state index contributed by atoms with van der Waals surface area (Å²) in [5, 5.41) is 4.66. The maximum atomic E-state index is 12.3. The number of carbonyl (C=O) groups excluding carboxylic acids is 1. The summed E-state index contributed by atoms with van der Waals surface area (Å²) in [6.45, 7) is 12.1. The lowest BCUT2D eigenvalue weighted by atomic mass is 9.84. The molecule has 0 bridgehead atoms. The van der Waals surface area contributed by atoms with E-state index in [1.165, 1.54) is 48.8 Å². The summed E-state index contributed by atoms with van der Waals surface area (Å²) in [4.78, 5) is 14.7. The second kappa shape index (κ2) is 12.5. The molecule has 0 amide bonds. The van der Waals surface area contributed by atoms with Gasteiger partial charge in [0.1, 0.15) is 0 Å². The predicted molar refractivity (Wildman–Crippen MR) is 158 cm³/mol. The Morgan fingerprint density at radius 2 is 1.82 bits per heavy atom. The number of nitrogens with zero attached hydrogens (tertiary/aromatic N) is 2. The lowest BCUT2D eigenvalue weighted by Crippen LogP contribution is -2.31. The number of ether oxygens (including phenoxy) is 1. The number of aromatic nitrogens is 1. The summed E-state index contributed by atoms with van der Waals surface area (Å²) >= 11 is 0. The van der Waals surface area contributed by atoms with E-state index in [4.69, 9.17) is 4.74 Å². The van der Waals surface area contributed by atoms with Crippen molar-refractivity contribution < 1.29 is 9.53 Å². The highest BCUT2D eigenvalue weighted by Gasteiger charge is 2.31. The van der Waals surface area contributed by atoms with Crippen LogP contribution in [-0.2, 0) is 27.9 Å². The molecule has 38 heavy (non-hydrogen) atoms. The van der Waals surface area contributed by atoms with E-state index in [0.717, 1.165) is 35.8 Å². The van der Waals surface area contributed by atoms with Crippen molar-refractivity contribution in [2.45, 2.75) is 65.3 Å². The molecule has 202 valence electrons. The number of esters is 1. The quantitative estimate of drug-likeness (QED) is 0.272. The highest BCUT2D eigenvalue weighted by Crippen LogP contribution is 2.27. The van der Waals surface area contributed by atoms with Crippen LogP contribution in [0.25, 0.3) is 10.9 Å². The van der Waals surface area contributed by atoms with Gasteiger partial charge in [-0.25, -0.2) is 0 Å². The molecule has 2 heterocycles. The fraction of sp³-hybridized carbons (Fsp3) is 0.485. The van der Waals surface area contributed by atoms with E-state index in [9.17, 15) is 4.79 Å². The van der Waals surface area contributed by atoms with Gasteiger partial charge in [-0.15, -0.1) is 0 Å². The van der Waals surface area contributed by atoms with Gasteiger partial charge in [0.15, 0.2) is 0 Å². The second-order valence-electron chi connectivity index (χ2n) is 11.0. The van der Waals surface area contributed by atoms with Crippen molar-refractivity contribution >= 4 is 22.6 Å². The van der Waals surface area contributed by atoms with Gasteiger partial charge in [-0.3, -0.25) is 4.79 Å². The average molecular weight is 514 g/mol. The first-order valence-electron chi connectivity index (χ1n) is 14.1.